The Hall–Kier alpha value is -2.41. The number of rotatable bonds is 3. The molecule has 0 radical (unpaired) electrons. The number of likely N-dealkylation sites (tertiary alicyclic amines) is 1. The number of aryl methyl sites for hydroxylation is 1. The molecule has 2 aliphatic heterocycles. The second-order valence-electron chi connectivity index (χ2n) is 7.91. The summed E-state index contributed by atoms with van der Waals surface area (Å²) in [4.78, 5) is 27.6. The number of benzene rings is 1. The van der Waals surface area contributed by atoms with Gasteiger partial charge in [-0.05, 0) is 57.3 Å². The van der Waals surface area contributed by atoms with Gasteiger partial charge in [0.2, 0.25) is 5.91 Å². The number of piperidine rings is 1. The van der Waals surface area contributed by atoms with Crippen molar-refractivity contribution in [1.82, 2.24) is 24.6 Å². The van der Waals surface area contributed by atoms with E-state index in [0.717, 1.165) is 69.8 Å². The van der Waals surface area contributed by atoms with Gasteiger partial charge in [-0.25, -0.2) is 14.0 Å². The molecule has 7 nitrogen and oxygen atoms in total. The van der Waals surface area contributed by atoms with Gasteiger partial charge < -0.3 is 10.2 Å². The van der Waals surface area contributed by atoms with Crippen LogP contribution in [0.2, 0.25) is 0 Å². The van der Waals surface area contributed by atoms with Crippen molar-refractivity contribution in [3.05, 3.63) is 46.6 Å². The van der Waals surface area contributed by atoms with Crippen LogP contribution in [0, 0.1) is 5.92 Å². The molecule has 28 heavy (non-hydrogen) atoms. The fourth-order valence-electron chi connectivity index (χ4n) is 4.45. The van der Waals surface area contributed by atoms with E-state index in [1.165, 1.54) is 4.68 Å². The zero-order valence-corrected chi connectivity index (χ0v) is 16.5. The number of amides is 1. The van der Waals surface area contributed by atoms with Crippen LogP contribution >= 0.6 is 0 Å². The number of para-hydroxylation sites is 1. The van der Waals surface area contributed by atoms with E-state index < -0.39 is 0 Å². The van der Waals surface area contributed by atoms with Crippen LogP contribution in [-0.4, -0.2) is 51.3 Å². The van der Waals surface area contributed by atoms with Crippen LogP contribution in [0.15, 0.2) is 35.1 Å². The standard InChI is InChI=1S/C21H29N5O2/c1-24-21(28)26(18-7-3-2-4-8-18)19(23-24)16-10-14-25(15-11-16)20(27)17-6-5-12-22-13-9-17/h2-4,7-8,16-17,22H,5-6,9-15H2,1H3/t17-/m0/s1. The minimum absolute atomic E-state index is 0.120. The van der Waals surface area contributed by atoms with E-state index >= 15 is 0 Å². The summed E-state index contributed by atoms with van der Waals surface area (Å²) in [5, 5.41) is 7.92. The Labute approximate surface area is 165 Å². The molecule has 3 heterocycles. The van der Waals surface area contributed by atoms with E-state index in [1.807, 2.05) is 35.2 Å². The quantitative estimate of drug-likeness (QED) is 0.875. The van der Waals surface area contributed by atoms with Gasteiger partial charge in [-0.2, -0.15) is 5.10 Å². The zero-order chi connectivity index (χ0) is 19.5. The average Bonchev–Trinajstić information content (AvgIpc) is 2.92. The van der Waals surface area contributed by atoms with E-state index in [9.17, 15) is 9.59 Å². The van der Waals surface area contributed by atoms with Gasteiger partial charge >= 0.3 is 5.69 Å². The molecule has 0 bridgehead atoms. The van der Waals surface area contributed by atoms with Crippen molar-refractivity contribution in [2.75, 3.05) is 26.2 Å². The predicted octanol–water partition coefficient (Wildman–Crippen LogP) is 1.67. The first kappa shape index (κ1) is 18.9. The number of carbonyl (C=O) groups is 1. The molecule has 2 fully saturated rings. The van der Waals surface area contributed by atoms with Crippen molar-refractivity contribution in [2.45, 2.75) is 38.0 Å². The third-order valence-electron chi connectivity index (χ3n) is 6.06. The van der Waals surface area contributed by atoms with E-state index in [1.54, 1.807) is 11.6 Å². The molecule has 2 aromatic rings. The maximum atomic E-state index is 12.9. The van der Waals surface area contributed by atoms with Crippen molar-refractivity contribution in [3.8, 4) is 5.69 Å². The topological polar surface area (TPSA) is 72.2 Å². The van der Waals surface area contributed by atoms with E-state index in [2.05, 4.69) is 10.4 Å². The monoisotopic (exact) mass is 383 g/mol. The van der Waals surface area contributed by atoms with Crippen molar-refractivity contribution >= 4 is 5.91 Å². The van der Waals surface area contributed by atoms with Crippen LogP contribution < -0.4 is 11.0 Å². The Morgan fingerprint density at radius 2 is 1.82 bits per heavy atom. The van der Waals surface area contributed by atoms with Gasteiger partial charge in [0.25, 0.3) is 0 Å². The fraction of sp³-hybridized carbons (Fsp3) is 0.571. The van der Waals surface area contributed by atoms with Crippen LogP contribution in [0.25, 0.3) is 5.69 Å². The SMILES string of the molecule is Cn1nc(C2CCN(C(=O)[C@H]3CCCNCC3)CC2)n(-c2ccccc2)c1=O. The van der Waals surface area contributed by atoms with E-state index in [4.69, 9.17) is 0 Å². The number of carbonyl (C=O) groups excluding carboxylic acids is 1. The first-order valence-electron chi connectivity index (χ1n) is 10.4. The summed E-state index contributed by atoms with van der Waals surface area (Å²) < 4.78 is 3.14. The first-order chi connectivity index (χ1) is 13.6. The summed E-state index contributed by atoms with van der Waals surface area (Å²) in [5.74, 6) is 1.46. The molecular formula is C21H29N5O2. The normalized spacial score (nSPS) is 21.5. The Morgan fingerprint density at radius 3 is 2.57 bits per heavy atom. The van der Waals surface area contributed by atoms with Crippen LogP contribution in [0.1, 0.15) is 43.8 Å². The van der Waals surface area contributed by atoms with Gasteiger partial charge in [-0.15, -0.1) is 0 Å². The summed E-state index contributed by atoms with van der Waals surface area (Å²) >= 11 is 0. The maximum absolute atomic E-state index is 12.9. The number of nitrogens with one attached hydrogen (secondary N) is 1. The smallest absolute Gasteiger partial charge is 0.342 e. The third-order valence-corrected chi connectivity index (χ3v) is 6.06. The van der Waals surface area contributed by atoms with Crippen LogP contribution in [0.5, 0.6) is 0 Å². The summed E-state index contributed by atoms with van der Waals surface area (Å²) in [6, 6.07) is 9.68. The summed E-state index contributed by atoms with van der Waals surface area (Å²) in [6.45, 7) is 3.44. The van der Waals surface area contributed by atoms with E-state index in [0.29, 0.717) is 5.91 Å². The molecule has 1 aromatic heterocycles. The lowest BCUT2D eigenvalue weighted by molar-refractivity contribution is -0.137. The minimum atomic E-state index is -0.120. The zero-order valence-electron chi connectivity index (χ0n) is 16.5. The van der Waals surface area contributed by atoms with Gasteiger partial charge in [0.15, 0.2) is 0 Å². The number of aromatic nitrogens is 3. The second-order valence-corrected chi connectivity index (χ2v) is 7.91. The Balaban J connectivity index is 1.48. The van der Waals surface area contributed by atoms with E-state index in [-0.39, 0.29) is 17.5 Å². The molecule has 0 unspecified atom stereocenters. The second kappa shape index (κ2) is 8.31. The average molecular weight is 383 g/mol. The Kier molecular flexibility index (Phi) is 5.62. The molecule has 150 valence electrons. The molecule has 4 rings (SSSR count). The number of hydrogen-bond acceptors (Lipinski definition) is 4. The molecule has 1 N–H and O–H groups in total. The molecule has 1 aromatic carbocycles. The highest BCUT2D eigenvalue weighted by Crippen LogP contribution is 2.29. The van der Waals surface area contributed by atoms with Gasteiger partial charge in [-0.3, -0.25) is 4.79 Å². The summed E-state index contributed by atoms with van der Waals surface area (Å²) in [5.41, 5.74) is 0.728. The van der Waals surface area contributed by atoms with Crippen molar-refractivity contribution in [2.24, 2.45) is 13.0 Å². The van der Waals surface area contributed by atoms with Crippen LogP contribution in [-0.2, 0) is 11.8 Å². The highest BCUT2D eigenvalue weighted by Gasteiger charge is 2.31. The van der Waals surface area contributed by atoms with Gasteiger partial charge in [0.05, 0.1) is 5.69 Å². The van der Waals surface area contributed by atoms with Gasteiger partial charge in [0.1, 0.15) is 5.82 Å². The van der Waals surface area contributed by atoms with Crippen LogP contribution in [0.3, 0.4) is 0 Å². The molecule has 1 amide bonds. The molecule has 7 heteroatoms. The third kappa shape index (κ3) is 3.76. The highest BCUT2D eigenvalue weighted by molar-refractivity contribution is 5.79. The first-order valence-corrected chi connectivity index (χ1v) is 10.4. The van der Waals surface area contributed by atoms with Crippen molar-refractivity contribution in [3.63, 3.8) is 0 Å². The fourth-order valence-corrected chi connectivity index (χ4v) is 4.45. The van der Waals surface area contributed by atoms with Crippen molar-refractivity contribution < 1.29 is 4.79 Å². The highest BCUT2D eigenvalue weighted by atomic mass is 16.2. The lowest BCUT2D eigenvalue weighted by Crippen LogP contribution is -2.42. The Bertz CT molecular complexity index is 857. The lowest BCUT2D eigenvalue weighted by Gasteiger charge is -2.33. The largest absolute Gasteiger partial charge is 0.350 e. The Morgan fingerprint density at radius 1 is 1.07 bits per heavy atom. The predicted molar refractivity (Wildman–Crippen MR) is 108 cm³/mol. The molecule has 2 saturated heterocycles. The summed E-state index contributed by atoms with van der Waals surface area (Å²) in [7, 11) is 1.70. The number of nitrogens with zero attached hydrogens (tertiary/aromatic N) is 4. The lowest BCUT2D eigenvalue weighted by atomic mass is 9.93. The van der Waals surface area contributed by atoms with Crippen molar-refractivity contribution in [1.29, 1.82) is 0 Å². The molecule has 1 atom stereocenters. The molecule has 2 aliphatic rings. The molecule has 0 spiro atoms. The molecule has 0 saturated carbocycles. The molecule has 0 aliphatic carbocycles. The molecular weight excluding hydrogens is 354 g/mol. The maximum Gasteiger partial charge on any atom is 0.350 e. The summed E-state index contributed by atoms with van der Waals surface area (Å²) in [6.07, 6.45) is 4.69. The van der Waals surface area contributed by atoms with Gasteiger partial charge in [-0.1, -0.05) is 18.2 Å². The minimum Gasteiger partial charge on any atom is -0.342 e. The number of hydrogen-bond donors (Lipinski definition) is 1. The van der Waals surface area contributed by atoms with Crippen LogP contribution in [0.4, 0.5) is 0 Å². The van der Waals surface area contributed by atoms with Gasteiger partial charge in [0, 0.05) is 32.0 Å².